The molecule has 1 fully saturated rings. The highest BCUT2D eigenvalue weighted by atomic mass is 19.1. The second kappa shape index (κ2) is 8.23. The summed E-state index contributed by atoms with van der Waals surface area (Å²) in [5.41, 5.74) is 4.93. The minimum atomic E-state index is -0.554. The molecule has 2 aromatic carbocycles. The van der Waals surface area contributed by atoms with Gasteiger partial charge in [-0.15, -0.1) is 0 Å². The highest BCUT2D eigenvalue weighted by Gasteiger charge is 2.28. The van der Waals surface area contributed by atoms with Gasteiger partial charge in [0, 0.05) is 29.7 Å². The molecule has 4 aromatic rings. The number of piperidine rings is 1. The predicted molar refractivity (Wildman–Crippen MR) is 120 cm³/mol. The molecule has 2 aromatic heterocycles. The summed E-state index contributed by atoms with van der Waals surface area (Å²) in [4.78, 5) is 7.04. The highest BCUT2D eigenvalue weighted by Crippen LogP contribution is 2.42. The van der Waals surface area contributed by atoms with Gasteiger partial charge in [-0.25, -0.2) is 8.78 Å². The second-order valence-corrected chi connectivity index (χ2v) is 8.44. The number of fused-ring (bicyclic) bond motifs is 1. The van der Waals surface area contributed by atoms with Crippen molar-refractivity contribution in [2.45, 2.75) is 25.3 Å². The van der Waals surface area contributed by atoms with E-state index in [1.54, 1.807) is 6.20 Å². The maximum Gasteiger partial charge on any atom is 0.126 e. The van der Waals surface area contributed by atoms with E-state index < -0.39 is 11.6 Å². The number of hydrogen-bond acceptors (Lipinski definition) is 2. The highest BCUT2D eigenvalue weighted by molar-refractivity contribution is 5.92. The Morgan fingerprint density at radius 2 is 1.65 bits per heavy atom. The smallest absolute Gasteiger partial charge is 0.126 e. The molecule has 0 bridgehead atoms. The van der Waals surface area contributed by atoms with Crippen LogP contribution in [0.4, 0.5) is 8.78 Å². The van der Waals surface area contributed by atoms with E-state index in [2.05, 4.69) is 39.7 Å². The maximum atomic E-state index is 13.9. The molecule has 158 valence electrons. The Morgan fingerprint density at radius 1 is 0.935 bits per heavy atom. The average Bonchev–Trinajstić information content (AvgIpc) is 3.08. The molecule has 0 N–H and O–H groups in total. The molecule has 1 aliphatic heterocycles. The fraction of sp³-hybridized carbons (Fsp3) is 0.269. The lowest BCUT2D eigenvalue weighted by molar-refractivity contribution is 0.256. The molecular weight excluding hydrogens is 392 g/mol. The molecule has 0 aliphatic carbocycles. The predicted octanol–water partition coefficient (Wildman–Crippen LogP) is 5.84. The molecule has 3 nitrogen and oxygen atoms in total. The van der Waals surface area contributed by atoms with Gasteiger partial charge in [0.15, 0.2) is 0 Å². The van der Waals surface area contributed by atoms with Gasteiger partial charge < -0.3 is 9.47 Å². The van der Waals surface area contributed by atoms with Crippen LogP contribution in [-0.2, 0) is 6.54 Å². The molecule has 5 heteroatoms. The molecule has 1 saturated heterocycles. The molecule has 31 heavy (non-hydrogen) atoms. The van der Waals surface area contributed by atoms with Crippen LogP contribution in [0.5, 0.6) is 0 Å². The molecule has 0 amide bonds. The first kappa shape index (κ1) is 19.9. The summed E-state index contributed by atoms with van der Waals surface area (Å²) in [6, 6.07) is 18.0. The van der Waals surface area contributed by atoms with E-state index in [1.165, 1.54) is 23.1 Å². The van der Waals surface area contributed by atoms with Crippen molar-refractivity contribution in [3.8, 4) is 11.4 Å². The van der Waals surface area contributed by atoms with Crippen LogP contribution in [-0.4, -0.2) is 34.6 Å². The Bertz CT molecular complexity index is 1190. The zero-order valence-electron chi connectivity index (χ0n) is 17.6. The Hall–Kier alpha value is -3.05. The number of likely N-dealkylation sites (tertiary alicyclic amines) is 1. The van der Waals surface area contributed by atoms with E-state index >= 15 is 0 Å². The summed E-state index contributed by atoms with van der Waals surface area (Å²) < 4.78 is 30.0. The Labute approximate surface area is 181 Å². The third kappa shape index (κ3) is 3.86. The van der Waals surface area contributed by atoms with Crippen molar-refractivity contribution in [2.75, 3.05) is 20.1 Å². The number of aromatic nitrogens is 2. The maximum absolute atomic E-state index is 13.9. The lowest BCUT2D eigenvalue weighted by atomic mass is 9.87. The van der Waals surface area contributed by atoms with E-state index in [4.69, 9.17) is 0 Å². The van der Waals surface area contributed by atoms with Crippen LogP contribution in [0, 0.1) is 11.6 Å². The van der Waals surface area contributed by atoms with Crippen molar-refractivity contribution in [3.05, 3.63) is 89.6 Å². The Kier molecular flexibility index (Phi) is 5.28. The molecule has 0 atom stereocenters. The summed E-state index contributed by atoms with van der Waals surface area (Å²) >= 11 is 0. The van der Waals surface area contributed by atoms with E-state index in [1.807, 2.05) is 24.3 Å². The van der Waals surface area contributed by atoms with Gasteiger partial charge in [-0.05, 0) is 80.4 Å². The van der Waals surface area contributed by atoms with Crippen LogP contribution in [0.15, 0.2) is 66.9 Å². The number of hydrogen-bond donors (Lipinski definition) is 0. The number of para-hydroxylation sites is 1. The van der Waals surface area contributed by atoms with Crippen molar-refractivity contribution in [3.63, 3.8) is 0 Å². The van der Waals surface area contributed by atoms with Crippen molar-refractivity contribution in [1.29, 1.82) is 0 Å². The zero-order chi connectivity index (χ0) is 21.4. The van der Waals surface area contributed by atoms with Gasteiger partial charge in [0.1, 0.15) is 11.6 Å². The average molecular weight is 418 g/mol. The fourth-order valence-electron chi connectivity index (χ4n) is 4.87. The minimum Gasteiger partial charge on any atom is -0.334 e. The lowest BCUT2D eigenvalue weighted by Gasteiger charge is -2.29. The van der Waals surface area contributed by atoms with E-state index in [0.29, 0.717) is 18.0 Å². The molecular formula is C26H25F2N3. The van der Waals surface area contributed by atoms with Crippen LogP contribution >= 0.6 is 0 Å². The molecule has 0 unspecified atom stereocenters. The first-order chi connectivity index (χ1) is 15.1. The second-order valence-electron chi connectivity index (χ2n) is 8.44. The molecule has 5 rings (SSSR count). The van der Waals surface area contributed by atoms with Gasteiger partial charge >= 0.3 is 0 Å². The standard InChI is InChI=1S/C26H25F2N3/c1-30-12-9-19(10-13-30)25-22-6-2-3-8-24(22)31(26(25)23-7-4-5-11-29-23)17-18-14-20(27)16-21(28)15-18/h2-8,11,14-16,19H,9-10,12-13,17H2,1H3. The summed E-state index contributed by atoms with van der Waals surface area (Å²) in [5, 5.41) is 1.20. The van der Waals surface area contributed by atoms with Gasteiger partial charge in [0.25, 0.3) is 0 Å². The number of pyridine rings is 1. The third-order valence-corrected chi connectivity index (χ3v) is 6.31. The Morgan fingerprint density at radius 3 is 2.35 bits per heavy atom. The fourth-order valence-corrected chi connectivity index (χ4v) is 4.87. The molecule has 0 radical (unpaired) electrons. The molecule has 3 heterocycles. The lowest BCUT2D eigenvalue weighted by Crippen LogP contribution is -2.29. The molecule has 0 spiro atoms. The van der Waals surface area contributed by atoms with Crippen LogP contribution in [0.3, 0.4) is 0 Å². The summed E-state index contributed by atoms with van der Waals surface area (Å²) in [7, 11) is 2.16. The minimum absolute atomic E-state index is 0.383. The first-order valence-corrected chi connectivity index (χ1v) is 10.8. The Balaban J connectivity index is 1.74. The molecule has 1 aliphatic rings. The first-order valence-electron chi connectivity index (χ1n) is 10.8. The zero-order valence-corrected chi connectivity index (χ0v) is 17.6. The monoisotopic (exact) mass is 417 g/mol. The van der Waals surface area contributed by atoms with Gasteiger partial charge in [-0.2, -0.15) is 0 Å². The number of halogens is 2. The number of rotatable bonds is 4. The van der Waals surface area contributed by atoms with E-state index in [0.717, 1.165) is 48.9 Å². The summed E-state index contributed by atoms with van der Waals surface area (Å²) in [6.45, 7) is 2.50. The van der Waals surface area contributed by atoms with Gasteiger partial charge in [-0.3, -0.25) is 4.98 Å². The van der Waals surface area contributed by atoms with Crippen LogP contribution in [0.1, 0.15) is 29.9 Å². The SMILES string of the molecule is CN1CCC(c2c(-c3ccccn3)n(Cc3cc(F)cc(F)c3)c3ccccc23)CC1. The van der Waals surface area contributed by atoms with Crippen molar-refractivity contribution in [1.82, 2.24) is 14.5 Å². The third-order valence-electron chi connectivity index (χ3n) is 6.31. The quantitative estimate of drug-likeness (QED) is 0.416. The topological polar surface area (TPSA) is 21.1 Å². The number of nitrogens with zero attached hydrogens (tertiary/aromatic N) is 3. The normalized spacial score (nSPS) is 15.6. The van der Waals surface area contributed by atoms with Crippen molar-refractivity contribution in [2.24, 2.45) is 0 Å². The van der Waals surface area contributed by atoms with Gasteiger partial charge in [-0.1, -0.05) is 24.3 Å². The summed E-state index contributed by atoms with van der Waals surface area (Å²) in [5.74, 6) is -0.689. The summed E-state index contributed by atoms with van der Waals surface area (Å²) in [6.07, 6.45) is 3.97. The van der Waals surface area contributed by atoms with E-state index in [9.17, 15) is 8.78 Å². The molecule has 0 saturated carbocycles. The van der Waals surface area contributed by atoms with Crippen molar-refractivity contribution >= 4 is 10.9 Å². The number of benzene rings is 2. The van der Waals surface area contributed by atoms with Crippen LogP contribution in [0.2, 0.25) is 0 Å². The van der Waals surface area contributed by atoms with Crippen LogP contribution < -0.4 is 0 Å². The van der Waals surface area contributed by atoms with Gasteiger partial charge in [0.2, 0.25) is 0 Å². The van der Waals surface area contributed by atoms with Crippen molar-refractivity contribution < 1.29 is 8.78 Å². The van der Waals surface area contributed by atoms with Crippen LogP contribution in [0.25, 0.3) is 22.3 Å². The van der Waals surface area contributed by atoms with Gasteiger partial charge in [0.05, 0.1) is 11.4 Å². The largest absolute Gasteiger partial charge is 0.334 e. The van der Waals surface area contributed by atoms with E-state index in [-0.39, 0.29) is 0 Å².